The molecule has 0 radical (unpaired) electrons. The predicted molar refractivity (Wildman–Crippen MR) is 75.5 cm³/mol. The zero-order valence-electron chi connectivity index (χ0n) is 9.46. The molecular formula is C11H7BrN4O2S. The van der Waals surface area contributed by atoms with Crippen LogP contribution in [0, 0.1) is 0 Å². The molecule has 0 fully saturated rings. The summed E-state index contributed by atoms with van der Waals surface area (Å²) in [5, 5.41) is 1.81. The highest BCUT2D eigenvalue weighted by Crippen LogP contribution is 2.13. The highest BCUT2D eigenvalue weighted by atomic mass is 79.9. The van der Waals surface area contributed by atoms with Gasteiger partial charge in [-0.2, -0.15) is 0 Å². The lowest BCUT2D eigenvalue weighted by atomic mass is 10.4. The third-order valence-corrected chi connectivity index (χ3v) is 3.99. The molecule has 1 N–H and O–H groups in total. The van der Waals surface area contributed by atoms with Gasteiger partial charge >= 0.3 is 0 Å². The number of halogens is 1. The molecule has 0 amide bonds. The van der Waals surface area contributed by atoms with Crippen LogP contribution >= 0.6 is 27.3 Å². The summed E-state index contributed by atoms with van der Waals surface area (Å²) >= 11 is 4.46. The topological polar surface area (TPSA) is 80.6 Å². The van der Waals surface area contributed by atoms with Crippen LogP contribution in [0.15, 0.2) is 38.0 Å². The molecule has 96 valence electrons. The van der Waals surface area contributed by atoms with Gasteiger partial charge in [0.25, 0.3) is 11.1 Å². The van der Waals surface area contributed by atoms with Gasteiger partial charge < -0.3 is 4.98 Å². The quantitative estimate of drug-likeness (QED) is 0.764. The van der Waals surface area contributed by atoms with Gasteiger partial charge in [0.2, 0.25) is 0 Å². The Labute approximate surface area is 118 Å². The van der Waals surface area contributed by atoms with Crippen LogP contribution in [0.1, 0.15) is 5.82 Å². The highest BCUT2D eigenvalue weighted by molar-refractivity contribution is 9.10. The van der Waals surface area contributed by atoms with E-state index in [0.29, 0.717) is 20.5 Å². The fourth-order valence-electron chi connectivity index (χ4n) is 1.69. The first-order chi connectivity index (χ1) is 9.15. The van der Waals surface area contributed by atoms with E-state index in [1.165, 1.54) is 28.4 Å². The number of H-pyrrole nitrogens is 1. The Bertz CT molecular complexity index is 867. The summed E-state index contributed by atoms with van der Waals surface area (Å²) in [7, 11) is 0. The minimum atomic E-state index is -0.219. The predicted octanol–water partition coefficient (Wildman–Crippen LogP) is 1.35. The number of hydrogen-bond donors (Lipinski definition) is 1. The maximum Gasteiger partial charge on any atom is 0.268 e. The van der Waals surface area contributed by atoms with E-state index in [1.807, 2.05) is 5.38 Å². The molecule has 3 aromatic rings. The van der Waals surface area contributed by atoms with Crippen molar-refractivity contribution in [3.8, 4) is 0 Å². The van der Waals surface area contributed by atoms with E-state index in [1.54, 1.807) is 6.07 Å². The summed E-state index contributed by atoms with van der Waals surface area (Å²) in [6, 6.07) is 1.78. The third kappa shape index (κ3) is 2.24. The van der Waals surface area contributed by atoms with Crippen molar-refractivity contribution in [2.75, 3.05) is 0 Å². The van der Waals surface area contributed by atoms with Gasteiger partial charge in [0.05, 0.1) is 18.4 Å². The lowest BCUT2D eigenvalue weighted by molar-refractivity contribution is 0.694. The number of rotatable bonds is 2. The van der Waals surface area contributed by atoms with Crippen LogP contribution in [-0.2, 0) is 6.54 Å². The van der Waals surface area contributed by atoms with E-state index < -0.39 is 0 Å². The molecule has 0 aliphatic carbocycles. The molecule has 3 heterocycles. The van der Waals surface area contributed by atoms with Crippen LogP contribution < -0.4 is 11.1 Å². The summed E-state index contributed by atoms with van der Waals surface area (Å²) in [5.41, 5.74) is 0.230. The second-order valence-electron chi connectivity index (χ2n) is 3.82. The minimum Gasteiger partial charge on any atom is -0.308 e. The Hall–Kier alpha value is -1.80. The minimum absolute atomic E-state index is 0.173. The van der Waals surface area contributed by atoms with Crippen LogP contribution in [0.2, 0.25) is 0 Å². The summed E-state index contributed by atoms with van der Waals surface area (Å²) in [6.07, 6.45) is 2.84. The van der Waals surface area contributed by atoms with Crippen molar-refractivity contribution in [3.63, 3.8) is 0 Å². The summed E-state index contributed by atoms with van der Waals surface area (Å²) in [4.78, 5) is 34.5. The van der Waals surface area contributed by atoms with E-state index in [-0.39, 0.29) is 17.7 Å². The molecule has 0 aromatic carbocycles. The summed E-state index contributed by atoms with van der Waals surface area (Å²) in [5.74, 6) is 0.429. The molecule has 0 atom stereocenters. The van der Waals surface area contributed by atoms with Crippen molar-refractivity contribution in [3.05, 3.63) is 55.0 Å². The molecule has 3 rings (SSSR count). The Morgan fingerprint density at radius 3 is 3.11 bits per heavy atom. The van der Waals surface area contributed by atoms with E-state index in [2.05, 4.69) is 30.9 Å². The van der Waals surface area contributed by atoms with Crippen molar-refractivity contribution in [1.82, 2.24) is 19.5 Å². The molecule has 0 bridgehead atoms. The molecule has 0 saturated heterocycles. The SMILES string of the molecule is O=c1[nH]c(Cn2cncc(Br)c2=O)nc2ccsc12. The van der Waals surface area contributed by atoms with E-state index in [0.717, 1.165) is 0 Å². The van der Waals surface area contributed by atoms with Gasteiger partial charge in [-0.3, -0.25) is 14.2 Å². The van der Waals surface area contributed by atoms with Crippen molar-refractivity contribution in [1.29, 1.82) is 0 Å². The number of aromatic nitrogens is 4. The first-order valence-corrected chi connectivity index (χ1v) is 6.99. The van der Waals surface area contributed by atoms with Crippen molar-refractivity contribution >= 4 is 37.5 Å². The van der Waals surface area contributed by atoms with Gasteiger partial charge in [-0.25, -0.2) is 9.97 Å². The van der Waals surface area contributed by atoms with Gasteiger partial charge in [-0.15, -0.1) is 11.3 Å². The smallest absolute Gasteiger partial charge is 0.268 e. The Balaban J connectivity index is 2.08. The van der Waals surface area contributed by atoms with Gasteiger partial charge in [0, 0.05) is 6.20 Å². The molecule has 3 aromatic heterocycles. The van der Waals surface area contributed by atoms with Gasteiger partial charge in [-0.1, -0.05) is 0 Å². The Morgan fingerprint density at radius 1 is 1.42 bits per heavy atom. The Kier molecular flexibility index (Phi) is 3.03. The van der Waals surface area contributed by atoms with Crippen LogP contribution in [0.5, 0.6) is 0 Å². The zero-order chi connectivity index (χ0) is 13.4. The first-order valence-electron chi connectivity index (χ1n) is 5.31. The number of aromatic amines is 1. The maximum absolute atomic E-state index is 11.8. The van der Waals surface area contributed by atoms with Crippen LogP contribution in [-0.4, -0.2) is 19.5 Å². The Morgan fingerprint density at radius 2 is 2.26 bits per heavy atom. The maximum atomic E-state index is 11.8. The number of hydrogen-bond acceptors (Lipinski definition) is 5. The van der Waals surface area contributed by atoms with Gasteiger partial charge in [0.1, 0.15) is 15.0 Å². The fourth-order valence-corrected chi connectivity index (χ4v) is 2.77. The lowest BCUT2D eigenvalue weighted by Gasteiger charge is -2.04. The molecule has 0 aliphatic heterocycles. The molecule has 8 heteroatoms. The fraction of sp³-hybridized carbons (Fsp3) is 0.0909. The second kappa shape index (κ2) is 4.71. The molecule has 0 aliphatic rings. The molecule has 6 nitrogen and oxygen atoms in total. The zero-order valence-corrected chi connectivity index (χ0v) is 11.9. The van der Waals surface area contributed by atoms with E-state index in [9.17, 15) is 9.59 Å². The van der Waals surface area contributed by atoms with Crippen molar-refractivity contribution in [2.24, 2.45) is 0 Å². The van der Waals surface area contributed by atoms with Crippen molar-refractivity contribution < 1.29 is 0 Å². The number of fused-ring (bicyclic) bond motifs is 1. The van der Waals surface area contributed by atoms with E-state index in [4.69, 9.17) is 0 Å². The second-order valence-corrected chi connectivity index (χ2v) is 5.59. The third-order valence-electron chi connectivity index (χ3n) is 2.54. The van der Waals surface area contributed by atoms with Gasteiger partial charge in [-0.05, 0) is 27.4 Å². The lowest BCUT2D eigenvalue weighted by Crippen LogP contribution is -2.23. The summed E-state index contributed by atoms with van der Waals surface area (Å²) < 4.78 is 2.33. The standard InChI is InChI=1S/C11H7BrN4O2S/c12-6-3-13-5-16(11(6)18)4-8-14-7-1-2-19-9(7)10(17)15-8/h1-3,5H,4H2,(H,14,15,17). The normalized spacial score (nSPS) is 11.0. The van der Waals surface area contributed by atoms with Crippen LogP contribution in [0.25, 0.3) is 10.2 Å². The van der Waals surface area contributed by atoms with E-state index >= 15 is 0 Å². The number of nitrogens with one attached hydrogen (secondary N) is 1. The molecule has 0 unspecified atom stereocenters. The largest absolute Gasteiger partial charge is 0.308 e. The average Bonchev–Trinajstić information content (AvgIpc) is 2.84. The molecular weight excluding hydrogens is 332 g/mol. The van der Waals surface area contributed by atoms with Gasteiger partial charge in [0.15, 0.2) is 0 Å². The summed E-state index contributed by atoms with van der Waals surface area (Å²) in [6.45, 7) is 0.173. The van der Waals surface area contributed by atoms with Crippen LogP contribution in [0.3, 0.4) is 0 Å². The monoisotopic (exact) mass is 338 g/mol. The molecule has 19 heavy (non-hydrogen) atoms. The van der Waals surface area contributed by atoms with Crippen molar-refractivity contribution in [2.45, 2.75) is 6.54 Å². The van der Waals surface area contributed by atoms with Crippen LogP contribution in [0.4, 0.5) is 0 Å². The number of thiophene rings is 1. The molecule has 0 saturated carbocycles. The molecule has 0 spiro atoms. The highest BCUT2D eigenvalue weighted by Gasteiger charge is 2.07. The average molecular weight is 339 g/mol. The first kappa shape index (κ1) is 12.2. The number of nitrogens with zero attached hydrogens (tertiary/aromatic N) is 3.